The number of carbonyl (C=O) groups excluding carboxylic acids is 1. The molecular formula is C11H23NO3. The van der Waals surface area contributed by atoms with Crippen LogP contribution < -0.4 is 0 Å². The fourth-order valence-electron chi connectivity index (χ4n) is 1.30. The summed E-state index contributed by atoms with van der Waals surface area (Å²) in [6.07, 6.45) is 0. The molecule has 0 saturated carbocycles. The van der Waals surface area contributed by atoms with Crippen LogP contribution in [0.15, 0.2) is 0 Å². The molecule has 0 fully saturated rings. The lowest BCUT2D eigenvalue weighted by molar-refractivity contribution is -0.146. The third-order valence-corrected chi connectivity index (χ3v) is 2.83. The van der Waals surface area contributed by atoms with Crippen molar-refractivity contribution in [3.8, 4) is 0 Å². The topological polar surface area (TPSA) is 49.8 Å². The molecule has 0 saturated heterocycles. The van der Waals surface area contributed by atoms with E-state index in [-0.39, 0.29) is 23.7 Å². The lowest BCUT2D eigenvalue weighted by atomic mass is 9.95. The molecule has 0 heterocycles. The number of rotatable bonds is 5. The minimum absolute atomic E-state index is 0.0625. The first-order chi connectivity index (χ1) is 6.63. The van der Waals surface area contributed by atoms with Gasteiger partial charge in [-0.1, -0.05) is 0 Å². The standard InChI is InChI=1S/C11H23NO3/c1-9(14)15-8-11(4,5)12(6)10(2,3)7-13/h13H,7-8H2,1-6H3. The van der Waals surface area contributed by atoms with E-state index in [1.807, 2.05) is 39.6 Å². The predicted molar refractivity (Wildman–Crippen MR) is 59.6 cm³/mol. The SMILES string of the molecule is CC(=O)OCC(C)(C)N(C)C(C)(C)CO. The molecule has 0 radical (unpaired) electrons. The third kappa shape index (κ3) is 4.18. The van der Waals surface area contributed by atoms with Gasteiger partial charge in [0.05, 0.1) is 6.61 Å². The van der Waals surface area contributed by atoms with Gasteiger partial charge in [0.1, 0.15) is 6.61 Å². The van der Waals surface area contributed by atoms with E-state index in [1.165, 1.54) is 6.92 Å². The van der Waals surface area contributed by atoms with Gasteiger partial charge in [0, 0.05) is 18.0 Å². The molecule has 15 heavy (non-hydrogen) atoms. The molecule has 0 atom stereocenters. The second kappa shape index (κ2) is 4.94. The number of aliphatic hydroxyl groups is 1. The van der Waals surface area contributed by atoms with Crippen LogP contribution in [0.4, 0.5) is 0 Å². The lowest BCUT2D eigenvalue weighted by Gasteiger charge is -2.44. The highest BCUT2D eigenvalue weighted by atomic mass is 16.5. The molecule has 0 amide bonds. The molecule has 0 aliphatic rings. The van der Waals surface area contributed by atoms with Gasteiger partial charge in [-0.2, -0.15) is 0 Å². The van der Waals surface area contributed by atoms with Crippen LogP contribution >= 0.6 is 0 Å². The van der Waals surface area contributed by atoms with Gasteiger partial charge in [0.2, 0.25) is 0 Å². The van der Waals surface area contributed by atoms with E-state index in [4.69, 9.17) is 4.74 Å². The zero-order valence-corrected chi connectivity index (χ0v) is 10.6. The Labute approximate surface area is 92.2 Å². The monoisotopic (exact) mass is 217 g/mol. The average Bonchev–Trinajstić information content (AvgIpc) is 2.13. The molecule has 1 N–H and O–H groups in total. The normalized spacial score (nSPS) is 13.1. The summed E-state index contributed by atoms with van der Waals surface area (Å²) in [6.45, 7) is 9.63. The molecule has 0 rings (SSSR count). The maximum atomic E-state index is 10.7. The molecule has 0 aliphatic heterocycles. The number of aliphatic hydroxyl groups excluding tert-OH is 1. The van der Waals surface area contributed by atoms with Crippen LogP contribution in [0.5, 0.6) is 0 Å². The van der Waals surface area contributed by atoms with E-state index in [1.54, 1.807) is 0 Å². The van der Waals surface area contributed by atoms with Crippen molar-refractivity contribution in [3.63, 3.8) is 0 Å². The van der Waals surface area contributed by atoms with Crippen LogP contribution in [-0.4, -0.2) is 47.3 Å². The summed E-state index contributed by atoms with van der Waals surface area (Å²) in [5.41, 5.74) is -0.623. The first kappa shape index (κ1) is 14.4. The van der Waals surface area contributed by atoms with Crippen LogP contribution in [0.2, 0.25) is 0 Å². The first-order valence-electron chi connectivity index (χ1n) is 5.11. The van der Waals surface area contributed by atoms with Crippen LogP contribution in [0.1, 0.15) is 34.6 Å². The molecule has 0 aromatic heterocycles. The molecule has 4 heteroatoms. The summed E-state index contributed by atoms with van der Waals surface area (Å²) in [6, 6.07) is 0. The summed E-state index contributed by atoms with van der Waals surface area (Å²) in [4.78, 5) is 12.8. The first-order valence-corrected chi connectivity index (χ1v) is 5.11. The Morgan fingerprint density at radius 1 is 1.27 bits per heavy atom. The highest BCUT2D eigenvalue weighted by Gasteiger charge is 2.35. The molecule has 0 aliphatic carbocycles. The Hall–Kier alpha value is -0.610. The van der Waals surface area contributed by atoms with Gasteiger partial charge in [0.25, 0.3) is 0 Å². The van der Waals surface area contributed by atoms with Gasteiger partial charge in [0.15, 0.2) is 0 Å². The molecule has 0 unspecified atom stereocenters. The van der Waals surface area contributed by atoms with Crippen molar-refractivity contribution in [3.05, 3.63) is 0 Å². The van der Waals surface area contributed by atoms with E-state index in [9.17, 15) is 9.90 Å². The minimum Gasteiger partial charge on any atom is -0.464 e. The van der Waals surface area contributed by atoms with E-state index in [2.05, 4.69) is 0 Å². The van der Waals surface area contributed by atoms with Gasteiger partial charge in [-0.05, 0) is 34.7 Å². The third-order valence-electron chi connectivity index (χ3n) is 2.83. The zero-order valence-electron chi connectivity index (χ0n) is 10.6. The highest BCUT2D eigenvalue weighted by molar-refractivity contribution is 5.65. The summed E-state index contributed by atoms with van der Waals surface area (Å²) in [5.74, 6) is -0.279. The van der Waals surface area contributed by atoms with Gasteiger partial charge in [-0.15, -0.1) is 0 Å². The van der Waals surface area contributed by atoms with Gasteiger partial charge < -0.3 is 9.84 Å². The number of nitrogens with zero attached hydrogens (tertiary/aromatic N) is 1. The van der Waals surface area contributed by atoms with Crippen LogP contribution in [0, 0.1) is 0 Å². The summed E-state index contributed by atoms with van der Waals surface area (Å²) >= 11 is 0. The van der Waals surface area contributed by atoms with E-state index in [0.29, 0.717) is 6.61 Å². The Morgan fingerprint density at radius 2 is 1.73 bits per heavy atom. The second-order valence-electron chi connectivity index (χ2n) is 5.12. The zero-order chi connectivity index (χ0) is 12.3. The Morgan fingerprint density at radius 3 is 2.07 bits per heavy atom. The van der Waals surface area contributed by atoms with Crippen molar-refractivity contribution in [1.82, 2.24) is 4.90 Å². The fourth-order valence-corrected chi connectivity index (χ4v) is 1.30. The molecular weight excluding hydrogens is 194 g/mol. The Bertz CT molecular complexity index is 224. The van der Waals surface area contributed by atoms with Crippen molar-refractivity contribution in [2.75, 3.05) is 20.3 Å². The average molecular weight is 217 g/mol. The number of esters is 1. The lowest BCUT2D eigenvalue weighted by Crippen LogP contribution is -2.57. The smallest absolute Gasteiger partial charge is 0.302 e. The number of ether oxygens (including phenoxy) is 1. The minimum atomic E-state index is -0.330. The Kier molecular flexibility index (Phi) is 4.74. The van der Waals surface area contributed by atoms with Crippen molar-refractivity contribution in [2.45, 2.75) is 45.7 Å². The van der Waals surface area contributed by atoms with Crippen molar-refractivity contribution in [2.24, 2.45) is 0 Å². The van der Waals surface area contributed by atoms with E-state index in [0.717, 1.165) is 0 Å². The number of hydrogen-bond donors (Lipinski definition) is 1. The maximum Gasteiger partial charge on any atom is 0.302 e. The number of likely N-dealkylation sites (N-methyl/N-ethyl adjacent to an activating group) is 1. The van der Waals surface area contributed by atoms with Crippen LogP contribution in [0.25, 0.3) is 0 Å². The molecule has 0 aromatic carbocycles. The van der Waals surface area contributed by atoms with Crippen molar-refractivity contribution < 1.29 is 14.6 Å². The van der Waals surface area contributed by atoms with Gasteiger partial charge >= 0.3 is 5.97 Å². The second-order valence-corrected chi connectivity index (χ2v) is 5.12. The quantitative estimate of drug-likeness (QED) is 0.699. The molecule has 4 nitrogen and oxygen atoms in total. The van der Waals surface area contributed by atoms with E-state index >= 15 is 0 Å². The van der Waals surface area contributed by atoms with Gasteiger partial charge in [-0.3, -0.25) is 9.69 Å². The molecule has 0 aromatic rings. The summed E-state index contributed by atoms with van der Waals surface area (Å²) in [5, 5.41) is 9.26. The summed E-state index contributed by atoms with van der Waals surface area (Å²) < 4.78 is 5.01. The number of hydrogen-bond acceptors (Lipinski definition) is 4. The highest BCUT2D eigenvalue weighted by Crippen LogP contribution is 2.23. The van der Waals surface area contributed by atoms with Crippen LogP contribution in [0.3, 0.4) is 0 Å². The van der Waals surface area contributed by atoms with Crippen LogP contribution in [-0.2, 0) is 9.53 Å². The number of carbonyl (C=O) groups is 1. The summed E-state index contributed by atoms with van der Waals surface area (Å²) in [7, 11) is 1.92. The molecule has 0 spiro atoms. The molecule has 0 bridgehead atoms. The maximum absolute atomic E-state index is 10.7. The Balaban J connectivity index is 4.50. The molecule has 90 valence electrons. The van der Waals surface area contributed by atoms with E-state index < -0.39 is 0 Å². The van der Waals surface area contributed by atoms with Gasteiger partial charge in [-0.25, -0.2) is 0 Å². The predicted octanol–water partition coefficient (Wildman–Crippen LogP) is 1.03. The van der Waals surface area contributed by atoms with Crippen molar-refractivity contribution in [1.29, 1.82) is 0 Å². The van der Waals surface area contributed by atoms with Crippen molar-refractivity contribution >= 4 is 5.97 Å². The largest absolute Gasteiger partial charge is 0.464 e. The fraction of sp³-hybridized carbons (Fsp3) is 0.909.